The van der Waals surface area contributed by atoms with Crippen molar-refractivity contribution in [3.05, 3.63) is 42.2 Å². The van der Waals surface area contributed by atoms with E-state index in [9.17, 15) is 9.59 Å². The summed E-state index contributed by atoms with van der Waals surface area (Å²) in [7, 11) is 1.95. The van der Waals surface area contributed by atoms with Crippen LogP contribution in [-0.2, 0) is 15.0 Å². The molecule has 1 N–H and O–H groups in total. The summed E-state index contributed by atoms with van der Waals surface area (Å²) in [6.45, 7) is 14.4. The van der Waals surface area contributed by atoms with Crippen LogP contribution in [0.2, 0.25) is 0 Å². The number of nitrogens with one attached hydrogen (secondary N) is 1. The van der Waals surface area contributed by atoms with E-state index >= 15 is 0 Å². The maximum atomic E-state index is 14.1. The van der Waals surface area contributed by atoms with Crippen LogP contribution in [0.1, 0.15) is 52.5 Å². The fraction of sp³-hybridized carbons (Fsp3) is 0.571. The van der Waals surface area contributed by atoms with E-state index in [2.05, 4.69) is 30.6 Å². The van der Waals surface area contributed by atoms with Crippen LogP contribution in [0.25, 0.3) is 0 Å². The third kappa shape index (κ3) is 2.11. The lowest BCUT2D eigenvalue weighted by Gasteiger charge is -2.64. The highest BCUT2D eigenvalue weighted by Crippen LogP contribution is 2.72. The lowest BCUT2D eigenvalue weighted by molar-refractivity contribution is -0.179. The van der Waals surface area contributed by atoms with Gasteiger partial charge in [-0.1, -0.05) is 26.5 Å². The molecule has 1 aromatic rings. The first-order chi connectivity index (χ1) is 16.4. The fourth-order valence-electron chi connectivity index (χ4n) is 8.69. The lowest BCUT2D eigenvalue weighted by Crippen LogP contribution is -2.78. The number of rotatable bonds is 0. The van der Waals surface area contributed by atoms with Crippen LogP contribution < -0.4 is 14.8 Å². The Kier molecular flexibility index (Phi) is 3.65. The third-order valence-electron chi connectivity index (χ3n) is 10.5. The predicted molar refractivity (Wildman–Crippen MR) is 131 cm³/mol. The minimum atomic E-state index is -0.780. The molecule has 1 unspecified atom stereocenters. The Balaban J connectivity index is 1.42. The maximum Gasteiger partial charge on any atom is 0.247 e. The van der Waals surface area contributed by atoms with E-state index in [1.54, 1.807) is 6.26 Å². The summed E-state index contributed by atoms with van der Waals surface area (Å²) in [5.74, 6) is 1.48. The number of ether oxygens (including phenoxy) is 2. The van der Waals surface area contributed by atoms with Gasteiger partial charge >= 0.3 is 0 Å². The molecular weight excluding hydrogens is 442 g/mol. The van der Waals surface area contributed by atoms with Crippen molar-refractivity contribution in [2.45, 2.75) is 69.1 Å². The lowest BCUT2D eigenvalue weighted by atomic mass is 9.57. The molecule has 2 amide bonds. The summed E-state index contributed by atoms with van der Waals surface area (Å²) in [5, 5.41) is 3.20. The minimum Gasteiger partial charge on any atom is -0.480 e. The standard InChI is InChI=1S/C28H33N3O4/c1-16-9-11-31-15-26-14-27(25(4,5)19(26)13-28(16,31)23(33)30(26)6)17-7-8-18-21(20(17)29-22(27)32)34-12-10-24(2,3)35-18/h7-8,10,12,19H,1,9,11,13-15H2,2-6H3,(H,29,32)/t19-,26+,27?,28+/m1/s1. The fourth-order valence-corrected chi connectivity index (χ4v) is 8.69. The molecule has 1 saturated carbocycles. The molecule has 35 heavy (non-hydrogen) atoms. The number of carbonyl (C=O) groups excluding carboxylic acids is 2. The van der Waals surface area contributed by atoms with Gasteiger partial charge in [0.2, 0.25) is 11.8 Å². The Labute approximate surface area is 206 Å². The monoisotopic (exact) mass is 475 g/mol. The van der Waals surface area contributed by atoms with Gasteiger partial charge in [0, 0.05) is 20.1 Å². The quantitative estimate of drug-likeness (QED) is 0.581. The normalized spacial score (nSPS) is 39.5. The number of piperidine rings is 2. The van der Waals surface area contributed by atoms with E-state index in [0.717, 1.165) is 37.1 Å². The zero-order valence-electron chi connectivity index (χ0n) is 21.2. The number of nitrogens with zero attached hydrogens (tertiary/aromatic N) is 2. The van der Waals surface area contributed by atoms with Crippen molar-refractivity contribution in [1.82, 2.24) is 9.80 Å². The molecule has 184 valence electrons. The Bertz CT molecular complexity index is 1280. The molecule has 6 aliphatic heterocycles. The second-order valence-corrected chi connectivity index (χ2v) is 12.6. The van der Waals surface area contributed by atoms with Crippen LogP contribution in [0, 0.1) is 11.3 Å². The van der Waals surface area contributed by atoms with Gasteiger partial charge in [0.05, 0.1) is 22.9 Å². The van der Waals surface area contributed by atoms with Crippen LogP contribution in [0.5, 0.6) is 11.5 Å². The van der Waals surface area contributed by atoms with E-state index in [-0.39, 0.29) is 17.7 Å². The van der Waals surface area contributed by atoms with Crippen molar-refractivity contribution in [2.75, 3.05) is 25.5 Å². The molecule has 3 spiro atoms. The number of anilines is 1. The Morgan fingerprint density at radius 2 is 1.94 bits per heavy atom. The van der Waals surface area contributed by atoms with E-state index in [4.69, 9.17) is 9.47 Å². The molecule has 2 bridgehead atoms. The van der Waals surface area contributed by atoms with Crippen molar-refractivity contribution < 1.29 is 19.1 Å². The Morgan fingerprint density at radius 3 is 2.71 bits per heavy atom. The first-order valence-corrected chi connectivity index (χ1v) is 12.6. The number of hydrogen-bond donors (Lipinski definition) is 1. The zero-order valence-corrected chi connectivity index (χ0v) is 21.2. The summed E-state index contributed by atoms with van der Waals surface area (Å²) < 4.78 is 12.2. The van der Waals surface area contributed by atoms with Gasteiger partial charge in [0.25, 0.3) is 0 Å². The van der Waals surface area contributed by atoms with Crippen LogP contribution in [0.4, 0.5) is 5.69 Å². The SMILES string of the molecule is C=C1CCN2C[C@@]34CC5(C(=O)Nc6c5ccc5c6OC=CC(C)(C)O5)C(C)(C)[C@H]3C[C@@]12C(=O)N4C. The van der Waals surface area contributed by atoms with Gasteiger partial charge in [-0.2, -0.15) is 0 Å². The van der Waals surface area contributed by atoms with Crippen molar-refractivity contribution in [1.29, 1.82) is 0 Å². The van der Waals surface area contributed by atoms with Gasteiger partial charge in [-0.15, -0.1) is 0 Å². The first kappa shape index (κ1) is 21.5. The third-order valence-corrected chi connectivity index (χ3v) is 10.5. The summed E-state index contributed by atoms with van der Waals surface area (Å²) in [4.78, 5) is 32.3. The largest absolute Gasteiger partial charge is 0.480 e. The molecule has 5 fully saturated rings. The van der Waals surface area contributed by atoms with Crippen molar-refractivity contribution in [3.63, 3.8) is 0 Å². The molecular formula is C28H33N3O4. The molecule has 7 aliphatic rings. The molecule has 7 heteroatoms. The van der Waals surface area contributed by atoms with E-state index in [0.29, 0.717) is 23.6 Å². The molecule has 4 saturated heterocycles. The average molecular weight is 476 g/mol. The highest BCUT2D eigenvalue weighted by molar-refractivity contribution is 6.10. The van der Waals surface area contributed by atoms with Gasteiger partial charge < -0.3 is 19.7 Å². The van der Waals surface area contributed by atoms with Crippen molar-refractivity contribution in [3.8, 4) is 11.5 Å². The number of piperazine rings is 1. The van der Waals surface area contributed by atoms with Crippen LogP contribution >= 0.6 is 0 Å². The van der Waals surface area contributed by atoms with Crippen molar-refractivity contribution in [2.24, 2.45) is 11.3 Å². The Hall–Kier alpha value is -2.80. The van der Waals surface area contributed by atoms with Crippen LogP contribution in [0.15, 0.2) is 36.6 Å². The molecule has 7 nitrogen and oxygen atoms in total. The van der Waals surface area contributed by atoms with Gasteiger partial charge in [-0.05, 0) is 67.7 Å². The number of carbonyl (C=O) groups is 2. The molecule has 1 aromatic carbocycles. The average Bonchev–Trinajstić information content (AvgIpc) is 3.29. The van der Waals surface area contributed by atoms with Crippen LogP contribution in [-0.4, -0.2) is 58.4 Å². The van der Waals surface area contributed by atoms with E-state index < -0.39 is 27.5 Å². The molecule has 6 heterocycles. The zero-order chi connectivity index (χ0) is 24.8. The first-order valence-electron chi connectivity index (χ1n) is 12.6. The topological polar surface area (TPSA) is 71.1 Å². The van der Waals surface area contributed by atoms with Crippen LogP contribution in [0.3, 0.4) is 0 Å². The van der Waals surface area contributed by atoms with Gasteiger partial charge in [0.15, 0.2) is 11.5 Å². The summed E-state index contributed by atoms with van der Waals surface area (Å²) >= 11 is 0. The van der Waals surface area contributed by atoms with Gasteiger partial charge in [-0.25, -0.2) is 0 Å². The second-order valence-electron chi connectivity index (χ2n) is 12.6. The molecule has 8 rings (SSSR count). The second kappa shape index (κ2) is 5.94. The highest BCUT2D eigenvalue weighted by Gasteiger charge is 2.79. The number of hydrogen-bond acceptors (Lipinski definition) is 5. The summed E-state index contributed by atoms with van der Waals surface area (Å²) in [6, 6.07) is 3.98. The number of amides is 2. The smallest absolute Gasteiger partial charge is 0.247 e. The van der Waals surface area contributed by atoms with Gasteiger partial charge in [-0.3, -0.25) is 14.5 Å². The van der Waals surface area contributed by atoms with E-state index in [1.165, 1.54) is 0 Å². The maximum absolute atomic E-state index is 14.1. The number of likely N-dealkylation sites (N-methyl/N-ethyl adjacent to an activating group) is 1. The van der Waals surface area contributed by atoms with Crippen molar-refractivity contribution >= 4 is 17.5 Å². The Morgan fingerprint density at radius 1 is 1.17 bits per heavy atom. The summed E-state index contributed by atoms with van der Waals surface area (Å²) in [6.07, 6.45) is 5.71. The molecule has 0 radical (unpaired) electrons. The number of benzene rings is 1. The molecule has 0 aromatic heterocycles. The number of fused-ring (bicyclic) bond motifs is 5. The highest BCUT2D eigenvalue weighted by atomic mass is 16.5. The molecule has 4 atom stereocenters. The van der Waals surface area contributed by atoms with E-state index in [1.807, 2.05) is 44.0 Å². The predicted octanol–water partition coefficient (Wildman–Crippen LogP) is 3.60. The molecule has 1 aliphatic carbocycles. The summed E-state index contributed by atoms with van der Waals surface area (Å²) in [5.41, 5.74) is -0.0401. The van der Waals surface area contributed by atoms with Gasteiger partial charge in [0.1, 0.15) is 11.1 Å². The minimum absolute atomic E-state index is 0.00783.